The number of Topliss-reactive ketones (excluding diaryl/α,β-unsaturated/α-hetero) is 1. The first-order valence-corrected chi connectivity index (χ1v) is 11.6. The molecule has 1 aromatic heterocycles. The lowest BCUT2D eigenvalue weighted by Gasteiger charge is -2.25. The maximum Gasteiger partial charge on any atom is 0.295 e. The third kappa shape index (κ3) is 5.09. The lowest BCUT2D eigenvalue weighted by molar-refractivity contribution is -0.140. The zero-order valence-corrected chi connectivity index (χ0v) is 19.7. The number of aliphatic hydroxyl groups excluding tert-OH is 1. The number of hydrogen-bond acceptors (Lipinski definition) is 5. The third-order valence-corrected chi connectivity index (χ3v) is 6.02. The highest BCUT2D eigenvalue weighted by molar-refractivity contribution is 6.46. The van der Waals surface area contributed by atoms with Crippen molar-refractivity contribution in [3.05, 3.63) is 101 Å². The molecule has 0 radical (unpaired) electrons. The molecule has 1 fully saturated rings. The van der Waals surface area contributed by atoms with Gasteiger partial charge in [0.05, 0.1) is 18.2 Å². The molecule has 3 aromatic rings. The van der Waals surface area contributed by atoms with Crippen molar-refractivity contribution in [2.75, 3.05) is 6.61 Å². The zero-order valence-electron chi connectivity index (χ0n) is 19.7. The minimum atomic E-state index is -0.879. The first kappa shape index (κ1) is 24.1. The summed E-state index contributed by atoms with van der Waals surface area (Å²) in [4.78, 5) is 31.8. The van der Waals surface area contributed by atoms with Gasteiger partial charge in [-0.05, 0) is 66.4 Å². The van der Waals surface area contributed by atoms with Crippen LogP contribution in [-0.2, 0) is 16.1 Å². The summed E-state index contributed by atoms with van der Waals surface area (Å²) in [7, 11) is 0. The molecule has 1 aliphatic rings. The van der Waals surface area contributed by atoms with Crippen molar-refractivity contribution in [2.45, 2.75) is 39.3 Å². The number of hydrogen-bond donors (Lipinski definition) is 1. The van der Waals surface area contributed by atoms with E-state index in [1.807, 2.05) is 0 Å². The number of halogens is 1. The fourth-order valence-electron chi connectivity index (χ4n) is 4.19. The van der Waals surface area contributed by atoms with Crippen LogP contribution in [0.25, 0.3) is 5.76 Å². The van der Waals surface area contributed by atoms with E-state index in [4.69, 9.17) is 4.74 Å². The summed E-state index contributed by atoms with van der Waals surface area (Å²) in [5.74, 6) is -1.57. The second kappa shape index (κ2) is 10.5. The summed E-state index contributed by atoms with van der Waals surface area (Å²) < 4.78 is 19.4. The van der Waals surface area contributed by atoms with Gasteiger partial charge in [0.2, 0.25) is 0 Å². The van der Waals surface area contributed by atoms with Crippen molar-refractivity contribution in [1.82, 2.24) is 9.88 Å². The van der Waals surface area contributed by atoms with Gasteiger partial charge in [0.1, 0.15) is 17.3 Å². The van der Waals surface area contributed by atoms with Crippen molar-refractivity contribution >= 4 is 17.4 Å². The van der Waals surface area contributed by atoms with Crippen LogP contribution in [0.2, 0.25) is 0 Å². The summed E-state index contributed by atoms with van der Waals surface area (Å²) >= 11 is 0. The smallest absolute Gasteiger partial charge is 0.295 e. The van der Waals surface area contributed by atoms with Crippen LogP contribution in [-0.4, -0.2) is 33.3 Å². The van der Waals surface area contributed by atoms with E-state index in [1.54, 1.807) is 49.6 Å². The number of pyridine rings is 1. The number of aliphatic hydroxyl groups is 1. The van der Waals surface area contributed by atoms with Gasteiger partial charge in [-0.15, -0.1) is 0 Å². The number of ketones is 1. The number of amides is 1. The molecule has 2 heterocycles. The van der Waals surface area contributed by atoms with Crippen LogP contribution >= 0.6 is 0 Å². The Kier molecular flexibility index (Phi) is 7.25. The number of nitrogens with zero attached hydrogens (tertiary/aromatic N) is 2. The second-order valence-corrected chi connectivity index (χ2v) is 8.52. The van der Waals surface area contributed by atoms with E-state index in [-0.39, 0.29) is 17.9 Å². The maximum atomic E-state index is 13.7. The Hall–Kier alpha value is -4.00. The van der Waals surface area contributed by atoms with Crippen molar-refractivity contribution in [3.8, 4) is 5.75 Å². The van der Waals surface area contributed by atoms with E-state index in [0.717, 1.165) is 18.4 Å². The van der Waals surface area contributed by atoms with E-state index < -0.39 is 23.5 Å². The summed E-state index contributed by atoms with van der Waals surface area (Å²) in [5.41, 5.74) is 2.35. The highest BCUT2D eigenvalue weighted by atomic mass is 19.1. The van der Waals surface area contributed by atoms with Gasteiger partial charge in [0, 0.05) is 24.5 Å². The fraction of sp³-hybridized carbons (Fsp3) is 0.250. The van der Waals surface area contributed by atoms with Gasteiger partial charge in [0.15, 0.2) is 0 Å². The van der Waals surface area contributed by atoms with E-state index in [9.17, 15) is 19.1 Å². The van der Waals surface area contributed by atoms with Crippen LogP contribution < -0.4 is 4.74 Å². The first-order chi connectivity index (χ1) is 16.9. The van der Waals surface area contributed by atoms with Gasteiger partial charge in [-0.1, -0.05) is 31.5 Å². The van der Waals surface area contributed by atoms with E-state index >= 15 is 0 Å². The first-order valence-electron chi connectivity index (χ1n) is 11.6. The quantitative estimate of drug-likeness (QED) is 0.207. The Morgan fingerprint density at radius 2 is 1.91 bits per heavy atom. The molecule has 7 heteroatoms. The van der Waals surface area contributed by atoms with Gasteiger partial charge in [-0.3, -0.25) is 14.6 Å². The number of rotatable bonds is 8. The minimum Gasteiger partial charge on any atom is -0.507 e. The Morgan fingerprint density at radius 1 is 1.14 bits per heavy atom. The Balaban J connectivity index is 1.78. The molecule has 4 rings (SSSR count). The second-order valence-electron chi connectivity index (χ2n) is 8.52. The molecular formula is C28H27FN2O4. The number of aryl methyl sites for hydroxylation is 1. The molecule has 1 aliphatic heterocycles. The van der Waals surface area contributed by atoms with Gasteiger partial charge >= 0.3 is 0 Å². The molecule has 0 saturated carbocycles. The van der Waals surface area contributed by atoms with Crippen LogP contribution in [0, 0.1) is 12.7 Å². The van der Waals surface area contributed by atoms with Crippen LogP contribution in [0.5, 0.6) is 5.75 Å². The molecule has 6 nitrogen and oxygen atoms in total. The molecule has 0 bridgehead atoms. The van der Waals surface area contributed by atoms with Crippen LogP contribution in [0.4, 0.5) is 4.39 Å². The average Bonchev–Trinajstić information content (AvgIpc) is 3.10. The van der Waals surface area contributed by atoms with Crippen LogP contribution in [0.15, 0.2) is 72.6 Å². The molecule has 1 N–H and O–H groups in total. The number of unbranched alkanes of at least 4 members (excludes halogenated alkanes) is 1. The number of carbonyl (C=O) groups excluding carboxylic acids is 2. The summed E-state index contributed by atoms with van der Waals surface area (Å²) in [6, 6.07) is 13.5. The summed E-state index contributed by atoms with van der Waals surface area (Å²) in [5, 5.41) is 11.3. The lowest BCUT2D eigenvalue weighted by atomic mass is 9.93. The summed E-state index contributed by atoms with van der Waals surface area (Å²) in [6.45, 7) is 4.59. The number of benzene rings is 2. The molecular weight excluding hydrogens is 447 g/mol. The molecule has 1 amide bonds. The molecule has 1 saturated heterocycles. The molecule has 0 unspecified atom stereocenters. The molecule has 0 aliphatic carbocycles. The largest absolute Gasteiger partial charge is 0.507 e. The minimum absolute atomic E-state index is 0.0340. The van der Waals surface area contributed by atoms with Gasteiger partial charge in [-0.2, -0.15) is 0 Å². The zero-order chi connectivity index (χ0) is 24.9. The van der Waals surface area contributed by atoms with Gasteiger partial charge < -0.3 is 14.7 Å². The monoisotopic (exact) mass is 474 g/mol. The standard InChI is InChI=1S/C28H27FN2O4/c1-3-4-14-35-22-11-12-23(18(2)15-22)26(32)24-25(20-7-9-21(29)10-8-20)31(28(34)27(24)33)17-19-6-5-13-30-16-19/h5-13,15-16,25,32H,3-4,14,17H2,1-2H3/t25-/m0/s1. The lowest BCUT2D eigenvalue weighted by Crippen LogP contribution is -2.29. The van der Waals surface area contributed by atoms with Gasteiger partial charge in [-0.25, -0.2) is 4.39 Å². The fourth-order valence-corrected chi connectivity index (χ4v) is 4.19. The van der Waals surface area contributed by atoms with Gasteiger partial charge in [0.25, 0.3) is 11.7 Å². The van der Waals surface area contributed by atoms with Crippen LogP contribution in [0.1, 0.15) is 48.1 Å². The molecule has 0 spiro atoms. The van der Waals surface area contributed by atoms with Crippen LogP contribution in [0.3, 0.4) is 0 Å². The van der Waals surface area contributed by atoms with Crippen molar-refractivity contribution in [3.63, 3.8) is 0 Å². The van der Waals surface area contributed by atoms with E-state index in [1.165, 1.54) is 29.2 Å². The van der Waals surface area contributed by atoms with Crippen molar-refractivity contribution in [2.24, 2.45) is 0 Å². The van der Waals surface area contributed by atoms with E-state index in [0.29, 0.717) is 29.0 Å². The number of carbonyl (C=O) groups is 2. The maximum absolute atomic E-state index is 13.7. The molecule has 35 heavy (non-hydrogen) atoms. The van der Waals surface area contributed by atoms with Crippen molar-refractivity contribution < 1.29 is 23.8 Å². The van der Waals surface area contributed by atoms with Crippen molar-refractivity contribution in [1.29, 1.82) is 0 Å². The normalized spacial score (nSPS) is 17.1. The average molecular weight is 475 g/mol. The van der Waals surface area contributed by atoms with E-state index in [2.05, 4.69) is 11.9 Å². The topological polar surface area (TPSA) is 79.7 Å². The SMILES string of the molecule is CCCCOc1ccc(C(O)=C2C(=O)C(=O)N(Cc3cccnc3)[C@H]2c2ccc(F)cc2)c(C)c1. The predicted octanol–water partition coefficient (Wildman–Crippen LogP) is 5.33. The molecule has 180 valence electrons. The third-order valence-electron chi connectivity index (χ3n) is 6.02. The highest BCUT2D eigenvalue weighted by Crippen LogP contribution is 2.41. The highest BCUT2D eigenvalue weighted by Gasteiger charge is 2.46. The Morgan fingerprint density at radius 3 is 2.57 bits per heavy atom. The predicted molar refractivity (Wildman–Crippen MR) is 130 cm³/mol. The Labute approximate surface area is 203 Å². The summed E-state index contributed by atoms with van der Waals surface area (Å²) in [6.07, 6.45) is 5.18. The molecule has 2 aromatic carbocycles. The molecule has 1 atom stereocenters. The number of aromatic nitrogens is 1. The number of ether oxygens (including phenoxy) is 1. The Bertz CT molecular complexity index is 1260. The number of likely N-dealkylation sites (tertiary alicyclic amines) is 1.